The first-order valence-electron chi connectivity index (χ1n) is 8.75. The van der Waals surface area contributed by atoms with Gasteiger partial charge in [-0.2, -0.15) is 0 Å². The third kappa shape index (κ3) is 4.98. The predicted molar refractivity (Wildman–Crippen MR) is 94.8 cm³/mol. The van der Waals surface area contributed by atoms with E-state index in [1.165, 1.54) is 31.4 Å². The average molecular weight is 342 g/mol. The second-order valence-corrected chi connectivity index (χ2v) is 6.51. The van der Waals surface area contributed by atoms with Crippen LogP contribution >= 0.6 is 0 Å². The van der Waals surface area contributed by atoms with Gasteiger partial charge in [-0.25, -0.2) is 14.4 Å². The Morgan fingerprint density at radius 2 is 1.88 bits per heavy atom. The number of nitrogens with zero attached hydrogens (tertiary/aromatic N) is 2. The maximum atomic E-state index is 12.9. The molecule has 1 aliphatic carbocycles. The van der Waals surface area contributed by atoms with E-state index < -0.39 is 0 Å². The normalized spacial score (nSPS) is 15.0. The third-order valence-electron chi connectivity index (χ3n) is 4.39. The van der Waals surface area contributed by atoms with Crippen molar-refractivity contribution in [2.45, 2.75) is 51.6 Å². The molecule has 1 saturated carbocycles. The molecule has 1 aromatic heterocycles. The van der Waals surface area contributed by atoms with Crippen LogP contribution in [0.3, 0.4) is 0 Å². The minimum absolute atomic E-state index is 0.262. The number of carbonyl (C=O) groups excluding carboxylic acids is 1. The fourth-order valence-corrected chi connectivity index (χ4v) is 3.05. The van der Waals surface area contributed by atoms with E-state index in [1.807, 2.05) is 6.92 Å². The summed E-state index contributed by atoms with van der Waals surface area (Å²) in [5.74, 6) is -0.0414. The van der Waals surface area contributed by atoms with Crippen molar-refractivity contribution in [3.8, 4) is 0 Å². The van der Waals surface area contributed by atoms with Crippen molar-refractivity contribution in [2.24, 2.45) is 0 Å². The number of anilines is 1. The minimum Gasteiger partial charge on any atom is -0.351 e. The number of aryl methyl sites for hydroxylation is 1. The molecule has 1 aromatic carbocycles. The number of hydrogen-bond donors (Lipinski definition) is 2. The molecule has 25 heavy (non-hydrogen) atoms. The van der Waals surface area contributed by atoms with Crippen LogP contribution in [0.5, 0.6) is 0 Å². The number of nitrogens with one attached hydrogen (secondary N) is 2. The van der Waals surface area contributed by atoms with Gasteiger partial charge in [-0.1, -0.05) is 31.4 Å². The lowest BCUT2D eigenvalue weighted by Crippen LogP contribution is -2.27. The summed E-state index contributed by atoms with van der Waals surface area (Å²) in [5, 5.41) is 6.17. The summed E-state index contributed by atoms with van der Waals surface area (Å²) in [7, 11) is 0. The number of amides is 1. The smallest absolute Gasteiger partial charge is 0.270 e. The molecule has 0 saturated heterocycles. The summed E-state index contributed by atoms with van der Waals surface area (Å²) in [6, 6.07) is 8.11. The van der Waals surface area contributed by atoms with Gasteiger partial charge in [-0.05, 0) is 43.5 Å². The van der Waals surface area contributed by atoms with Crippen LogP contribution in [-0.2, 0) is 6.54 Å². The Morgan fingerprint density at radius 1 is 1.16 bits per heavy atom. The molecule has 2 aromatic rings. The lowest BCUT2D eigenvalue weighted by molar-refractivity contribution is 0.0945. The van der Waals surface area contributed by atoms with Crippen LogP contribution < -0.4 is 10.6 Å². The average Bonchev–Trinajstić information content (AvgIpc) is 2.61. The summed E-state index contributed by atoms with van der Waals surface area (Å²) in [6.45, 7) is 2.18. The van der Waals surface area contributed by atoms with Gasteiger partial charge in [0.15, 0.2) is 0 Å². The van der Waals surface area contributed by atoms with Crippen LogP contribution in [0.4, 0.5) is 10.3 Å². The van der Waals surface area contributed by atoms with Crippen LogP contribution in [0.1, 0.15) is 53.8 Å². The summed E-state index contributed by atoms with van der Waals surface area (Å²) in [4.78, 5) is 21.1. The fraction of sp³-hybridized carbons (Fsp3) is 0.421. The first kappa shape index (κ1) is 17.3. The van der Waals surface area contributed by atoms with Crippen molar-refractivity contribution in [2.75, 3.05) is 5.32 Å². The Hall–Kier alpha value is -2.50. The molecule has 3 rings (SSSR count). The van der Waals surface area contributed by atoms with E-state index in [0.29, 0.717) is 24.2 Å². The van der Waals surface area contributed by atoms with Crippen LogP contribution in [0.15, 0.2) is 30.3 Å². The van der Waals surface area contributed by atoms with Gasteiger partial charge in [-0.15, -0.1) is 0 Å². The molecule has 1 heterocycles. The number of aromatic nitrogens is 2. The lowest BCUT2D eigenvalue weighted by Gasteiger charge is -2.23. The molecule has 1 amide bonds. The molecule has 132 valence electrons. The zero-order valence-electron chi connectivity index (χ0n) is 14.4. The number of carbonyl (C=O) groups is 1. The van der Waals surface area contributed by atoms with E-state index in [9.17, 15) is 9.18 Å². The molecule has 0 radical (unpaired) electrons. The zero-order chi connectivity index (χ0) is 17.6. The van der Waals surface area contributed by atoms with Crippen molar-refractivity contribution in [3.63, 3.8) is 0 Å². The van der Waals surface area contributed by atoms with Gasteiger partial charge in [-0.3, -0.25) is 4.79 Å². The maximum absolute atomic E-state index is 12.9. The monoisotopic (exact) mass is 342 g/mol. The van der Waals surface area contributed by atoms with Gasteiger partial charge < -0.3 is 10.6 Å². The van der Waals surface area contributed by atoms with E-state index in [-0.39, 0.29) is 11.7 Å². The van der Waals surface area contributed by atoms with Gasteiger partial charge in [0.2, 0.25) is 5.95 Å². The minimum atomic E-state index is -0.292. The highest BCUT2D eigenvalue weighted by Crippen LogP contribution is 2.20. The van der Waals surface area contributed by atoms with Crippen LogP contribution in [0, 0.1) is 12.7 Å². The molecule has 5 nitrogen and oxygen atoms in total. The Kier molecular flexibility index (Phi) is 5.58. The van der Waals surface area contributed by atoms with Crippen molar-refractivity contribution in [3.05, 3.63) is 53.1 Å². The van der Waals surface area contributed by atoms with Gasteiger partial charge in [0.25, 0.3) is 5.91 Å². The van der Waals surface area contributed by atoms with E-state index in [4.69, 9.17) is 0 Å². The van der Waals surface area contributed by atoms with Gasteiger partial charge in [0.1, 0.15) is 11.5 Å². The third-order valence-corrected chi connectivity index (χ3v) is 4.39. The van der Waals surface area contributed by atoms with Crippen molar-refractivity contribution >= 4 is 11.9 Å². The standard InChI is InChI=1S/C19H23FN4O/c1-13-11-17(18(25)21-12-14-7-9-15(20)10-8-14)24-19(22-13)23-16-5-3-2-4-6-16/h7-11,16H,2-6,12H2,1H3,(H,21,25)(H,22,23,24). The van der Waals surface area contributed by atoms with Crippen LogP contribution in [0.2, 0.25) is 0 Å². The molecule has 1 fully saturated rings. The predicted octanol–water partition coefficient (Wildman–Crippen LogP) is 3.60. The Bertz CT molecular complexity index is 727. The van der Waals surface area contributed by atoms with Gasteiger partial charge >= 0.3 is 0 Å². The van der Waals surface area contributed by atoms with Crippen molar-refractivity contribution in [1.82, 2.24) is 15.3 Å². The molecule has 6 heteroatoms. The Balaban J connectivity index is 1.64. The number of benzene rings is 1. The van der Waals surface area contributed by atoms with E-state index in [1.54, 1.807) is 18.2 Å². The lowest BCUT2D eigenvalue weighted by atomic mass is 9.96. The second-order valence-electron chi connectivity index (χ2n) is 6.51. The van der Waals surface area contributed by atoms with Crippen molar-refractivity contribution in [1.29, 1.82) is 0 Å². The molecule has 1 aliphatic rings. The largest absolute Gasteiger partial charge is 0.351 e. The SMILES string of the molecule is Cc1cc(C(=O)NCc2ccc(F)cc2)nc(NC2CCCCC2)n1. The first-order chi connectivity index (χ1) is 12.1. The maximum Gasteiger partial charge on any atom is 0.270 e. The first-order valence-corrected chi connectivity index (χ1v) is 8.75. The van der Waals surface area contributed by atoms with E-state index in [0.717, 1.165) is 24.1 Å². The molecular formula is C19H23FN4O. The second kappa shape index (κ2) is 8.05. The highest BCUT2D eigenvalue weighted by molar-refractivity contribution is 5.92. The summed E-state index contributed by atoms with van der Waals surface area (Å²) in [6.07, 6.45) is 5.94. The highest BCUT2D eigenvalue weighted by Gasteiger charge is 2.16. The quantitative estimate of drug-likeness (QED) is 0.871. The summed E-state index contributed by atoms with van der Waals surface area (Å²) in [5.41, 5.74) is 1.93. The molecule has 0 unspecified atom stereocenters. The Labute approximate surface area is 147 Å². The topological polar surface area (TPSA) is 66.9 Å². The van der Waals surface area contributed by atoms with E-state index in [2.05, 4.69) is 20.6 Å². The van der Waals surface area contributed by atoms with E-state index >= 15 is 0 Å². The highest BCUT2D eigenvalue weighted by atomic mass is 19.1. The Morgan fingerprint density at radius 3 is 2.60 bits per heavy atom. The molecular weight excluding hydrogens is 319 g/mol. The summed E-state index contributed by atoms with van der Waals surface area (Å²) >= 11 is 0. The number of hydrogen-bond acceptors (Lipinski definition) is 4. The van der Waals surface area contributed by atoms with Crippen LogP contribution in [-0.4, -0.2) is 21.9 Å². The molecule has 0 atom stereocenters. The number of rotatable bonds is 5. The molecule has 0 bridgehead atoms. The fourth-order valence-electron chi connectivity index (χ4n) is 3.05. The van der Waals surface area contributed by atoms with Gasteiger partial charge in [0, 0.05) is 18.3 Å². The summed E-state index contributed by atoms with van der Waals surface area (Å²) < 4.78 is 12.9. The molecule has 0 spiro atoms. The van der Waals surface area contributed by atoms with Gasteiger partial charge in [0.05, 0.1) is 0 Å². The van der Waals surface area contributed by atoms with Crippen molar-refractivity contribution < 1.29 is 9.18 Å². The van der Waals surface area contributed by atoms with Crippen LogP contribution in [0.25, 0.3) is 0 Å². The molecule has 0 aliphatic heterocycles. The molecule has 2 N–H and O–H groups in total. The zero-order valence-corrected chi connectivity index (χ0v) is 14.4. The number of halogens is 1.